The second-order valence-corrected chi connectivity index (χ2v) is 8.04. The van der Waals surface area contributed by atoms with Crippen LogP contribution in [0.5, 0.6) is 0 Å². The number of halogens is 1. The molecule has 0 spiro atoms. The van der Waals surface area contributed by atoms with E-state index in [2.05, 4.69) is 21.9 Å². The van der Waals surface area contributed by atoms with Crippen molar-refractivity contribution in [2.45, 2.75) is 13.0 Å². The van der Waals surface area contributed by atoms with Crippen LogP contribution in [0, 0.1) is 5.82 Å². The van der Waals surface area contributed by atoms with Gasteiger partial charge in [-0.05, 0) is 36.2 Å². The Morgan fingerprint density at radius 2 is 1.90 bits per heavy atom. The average Bonchev–Trinajstić information content (AvgIpc) is 3.34. The van der Waals surface area contributed by atoms with Gasteiger partial charge in [0.2, 0.25) is 0 Å². The van der Waals surface area contributed by atoms with Crippen LogP contribution >= 0.6 is 0 Å². The Hall–Kier alpha value is -3.06. The van der Waals surface area contributed by atoms with Crippen LogP contribution in [0.2, 0.25) is 0 Å². The van der Waals surface area contributed by atoms with E-state index in [1.165, 1.54) is 17.3 Å². The summed E-state index contributed by atoms with van der Waals surface area (Å²) in [5.41, 5.74) is 5.91. The summed E-state index contributed by atoms with van der Waals surface area (Å²) in [5.74, 6) is -0.157. The number of anilines is 2. The molecule has 1 fully saturated rings. The van der Waals surface area contributed by atoms with Gasteiger partial charge in [-0.2, -0.15) is 4.98 Å². The minimum absolute atomic E-state index is 0.157. The van der Waals surface area contributed by atoms with E-state index in [4.69, 9.17) is 14.1 Å². The summed E-state index contributed by atoms with van der Waals surface area (Å²) in [6.45, 7) is 4.64. The molecule has 1 saturated heterocycles. The molecule has 30 heavy (non-hydrogen) atoms. The van der Waals surface area contributed by atoms with Crippen molar-refractivity contribution >= 4 is 33.7 Å². The summed E-state index contributed by atoms with van der Waals surface area (Å²) >= 11 is 0. The van der Waals surface area contributed by atoms with E-state index < -0.39 is 0 Å². The zero-order valence-corrected chi connectivity index (χ0v) is 16.9. The normalized spacial score (nSPS) is 17.1. The summed E-state index contributed by atoms with van der Waals surface area (Å²) in [4.78, 5) is 9.18. The average molecular weight is 406 g/mol. The second kappa shape index (κ2) is 6.74. The first-order chi connectivity index (χ1) is 14.7. The third kappa shape index (κ3) is 2.69. The van der Waals surface area contributed by atoms with Gasteiger partial charge in [0.25, 0.3) is 6.01 Å². The van der Waals surface area contributed by atoms with Gasteiger partial charge in [0.15, 0.2) is 5.58 Å². The number of fused-ring (bicyclic) bond motifs is 4. The molecule has 7 heteroatoms. The molecule has 6 rings (SSSR count). The maximum atomic E-state index is 14.4. The number of aryl methyl sites for hydroxylation is 1. The maximum absolute atomic E-state index is 14.4. The standard InChI is InChI=1S/C23H23FN4O2/c1-26-20-14-28(8-7-16(20)17-3-2-4-18(24)22(17)26)15-5-6-21-19(13-15)25-23(30-21)27-9-11-29-12-10-27/h2-6,13H,7-12,14H2,1H3. The lowest BCUT2D eigenvalue weighted by molar-refractivity contribution is 0.120. The Morgan fingerprint density at radius 3 is 2.77 bits per heavy atom. The molecule has 4 heterocycles. The van der Waals surface area contributed by atoms with Crippen LogP contribution in [0.3, 0.4) is 0 Å². The SMILES string of the molecule is Cn1c2c(c3cccc(F)c31)CCN(c1ccc3oc(N4CCOCC4)nc3c1)C2. The van der Waals surface area contributed by atoms with Gasteiger partial charge in [-0.1, -0.05) is 12.1 Å². The first kappa shape index (κ1) is 17.8. The molecule has 0 atom stereocenters. The fourth-order valence-electron chi connectivity index (χ4n) is 4.79. The van der Waals surface area contributed by atoms with E-state index in [0.29, 0.717) is 24.7 Å². The van der Waals surface area contributed by atoms with Crippen molar-refractivity contribution in [2.75, 3.05) is 42.6 Å². The Kier molecular flexibility index (Phi) is 3.99. The summed E-state index contributed by atoms with van der Waals surface area (Å²) in [6.07, 6.45) is 0.895. The Bertz CT molecular complexity index is 1260. The van der Waals surface area contributed by atoms with Gasteiger partial charge in [0, 0.05) is 43.4 Å². The third-order valence-electron chi connectivity index (χ3n) is 6.38. The van der Waals surface area contributed by atoms with Crippen LogP contribution in [0.25, 0.3) is 22.0 Å². The lowest BCUT2D eigenvalue weighted by Gasteiger charge is -2.30. The minimum atomic E-state index is -0.157. The number of oxazole rings is 1. The van der Waals surface area contributed by atoms with Crippen LogP contribution in [0.4, 0.5) is 16.1 Å². The number of benzene rings is 2. The van der Waals surface area contributed by atoms with Gasteiger partial charge in [0.05, 0.1) is 25.3 Å². The molecular formula is C23H23FN4O2. The predicted molar refractivity (Wildman–Crippen MR) is 115 cm³/mol. The Morgan fingerprint density at radius 1 is 1.03 bits per heavy atom. The molecule has 154 valence electrons. The summed E-state index contributed by atoms with van der Waals surface area (Å²) in [7, 11) is 1.96. The van der Waals surface area contributed by atoms with Crippen molar-refractivity contribution in [1.82, 2.24) is 9.55 Å². The van der Waals surface area contributed by atoms with Gasteiger partial charge in [-0.15, -0.1) is 0 Å². The lowest BCUT2D eigenvalue weighted by atomic mass is 10.0. The lowest BCUT2D eigenvalue weighted by Crippen LogP contribution is -2.36. The van der Waals surface area contributed by atoms with Crippen LogP contribution in [0.15, 0.2) is 40.8 Å². The molecule has 0 radical (unpaired) electrons. The minimum Gasteiger partial charge on any atom is -0.423 e. The maximum Gasteiger partial charge on any atom is 0.298 e. The molecule has 6 nitrogen and oxygen atoms in total. The first-order valence-electron chi connectivity index (χ1n) is 10.4. The van der Waals surface area contributed by atoms with Crippen molar-refractivity contribution < 1.29 is 13.5 Å². The second-order valence-electron chi connectivity index (χ2n) is 8.04. The van der Waals surface area contributed by atoms with Crippen molar-refractivity contribution in [3.05, 3.63) is 53.5 Å². The molecule has 0 bridgehead atoms. The monoisotopic (exact) mass is 406 g/mol. The van der Waals surface area contributed by atoms with Crippen LogP contribution in [-0.2, 0) is 24.8 Å². The fraction of sp³-hybridized carbons (Fsp3) is 0.348. The zero-order chi connectivity index (χ0) is 20.2. The quantitative estimate of drug-likeness (QED) is 0.506. The van der Waals surface area contributed by atoms with Crippen molar-refractivity contribution in [2.24, 2.45) is 7.05 Å². The summed E-state index contributed by atoms with van der Waals surface area (Å²) < 4.78 is 27.8. The van der Waals surface area contributed by atoms with E-state index >= 15 is 0 Å². The predicted octanol–water partition coefficient (Wildman–Crippen LogP) is 3.86. The molecule has 4 aromatic rings. The number of hydrogen-bond donors (Lipinski definition) is 0. The molecule has 0 amide bonds. The van der Waals surface area contributed by atoms with Gasteiger partial charge in [0.1, 0.15) is 11.3 Å². The molecule has 2 aliphatic rings. The molecule has 0 N–H and O–H groups in total. The first-order valence-corrected chi connectivity index (χ1v) is 10.4. The molecule has 2 aliphatic heterocycles. The number of aromatic nitrogens is 2. The van der Waals surface area contributed by atoms with Crippen LogP contribution in [-0.4, -0.2) is 42.4 Å². The van der Waals surface area contributed by atoms with Gasteiger partial charge < -0.3 is 23.5 Å². The van der Waals surface area contributed by atoms with Crippen LogP contribution < -0.4 is 9.80 Å². The van der Waals surface area contributed by atoms with Gasteiger partial charge in [-0.3, -0.25) is 0 Å². The Labute approximate surface area is 173 Å². The highest BCUT2D eigenvalue weighted by Crippen LogP contribution is 2.34. The van der Waals surface area contributed by atoms with Crippen molar-refractivity contribution in [3.63, 3.8) is 0 Å². The summed E-state index contributed by atoms with van der Waals surface area (Å²) in [6, 6.07) is 12.2. The molecule has 2 aromatic carbocycles. The largest absolute Gasteiger partial charge is 0.423 e. The molecular weight excluding hydrogens is 383 g/mol. The van der Waals surface area contributed by atoms with E-state index in [0.717, 1.165) is 54.8 Å². The molecule has 0 aliphatic carbocycles. The van der Waals surface area contributed by atoms with Crippen molar-refractivity contribution in [1.29, 1.82) is 0 Å². The van der Waals surface area contributed by atoms with Crippen LogP contribution in [0.1, 0.15) is 11.3 Å². The smallest absolute Gasteiger partial charge is 0.298 e. The van der Waals surface area contributed by atoms with Gasteiger partial charge in [-0.25, -0.2) is 4.39 Å². The van der Waals surface area contributed by atoms with E-state index in [-0.39, 0.29) is 5.82 Å². The van der Waals surface area contributed by atoms with E-state index in [1.807, 2.05) is 23.7 Å². The van der Waals surface area contributed by atoms with Gasteiger partial charge >= 0.3 is 0 Å². The third-order valence-corrected chi connectivity index (χ3v) is 6.38. The highest BCUT2D eigenvalue weighted by Gasteiger charge is 2.25. The number of para-hydroxylation sites is 1. The van der Waals surface area contributed by atoms with E-state index in [1.54, 1.807) is 6.07 Å². The number of nitrogens with zero attached hydrogens (tertiary/aromatic N) is 4. The number of morpholine rings is 1. The molecule has 0 saturated carbocycles. The molecule has 2 aromatic heterocycles. The topological polar surface area (TPSA) is 46.7 Å². The number of hydrogen-bond acceptors (Lipinski definition) is 5. The molecule has 0 unspecified atom stereocenters. The highest BCUT2D eigenvalue weighted by atomic mass is 19.1. The number of rotatable bonds is 2. The summed E-state index contributed by atoms with van der Waals surface area (Å²) in [5, 5.41) is 1.04. The highest BCUT2D eigenvalue weighted by molar-refractivity contribution is 5.87. The number of ether oxygens (including phenoxy) is 1. The fourth-order valence-corrected chi connectivity index (χ4v) is 4.79. The van der Waals surface area contributed by atoms with E-state index in [9.17, 15) is 4.39 Å². The zero-order valence-electron chi connectivity index (χ0n) is 16.9. The Balaban J connectivity index is 1.33. The van der Waals surface area contributed by atoms with Crippen molar-refractivity contribution in [3.8, 4) is 0 Å².